The van der Waals surface area contributed by atoms with E-state index in [1.807, 2.05) is 5.38 Å². The fourth-order valence-electron chi connectivity index (χ4n) is 1.65. The molecule has 0 bridgehead atoms. The summed E-state index contributed by atoms with van der Waals surface area (Å²) in [5, 5.41) is 1.84. The third-order valence-electron chi connectivity index (χ3n) is 2.64. The average Bonchev–Trinajstić information content (AvgIpc) is 2.81. The summed E-state index contributed by atoms with van der Waals surface area (Å²) < 4.78 is 25.7. The molecule has 0 aliphatic carbocycles. The van der Waals surface area contributed by atoms with E-state index in [0.717, 1.165) is 5.69 Å². The first-order valence-electron chi connectivity index (χ1n) is 5.63. The summed E-state index contributed by atoms with van der Waals surface area (Å²) in [5.41, 5.74) is 9.34. The molecule has 0 saturated carbocycles. The molecule has 0 radical (unpaired) electrons. The molecule has 19 heavy (non-hydrogen) atoms. The Morgan fingerprint density at radius 2 is 2.21 bits per heavy atom. The zero-order valence-corrected chi connectivity index (χ0v) is 12.1. The Balaban J connectivity index is 2.09. The first-order valence-corrected chi connectivity index (χ1v) is 8.18. The molecular weight excluding hydrogens is 282 g/mol. The van der Waals surface area contributed by atoms with Crippen molar-refractivity contribution < 1.29 is 8.42 Å². The molecule has 0 amide bonds. The standard InChI is InChI=1S/C12H15N3O2S2/c1-15(6-12-7-18-9-14-12)19(16,17)8-10-3-2-4-11(13)5-10/h2-5,7,9H,6,8,13H2,1H3. The van der Waals surface area contributed by atoms with Gasteiger partial charge in [-0.05, 0) is 17.7 Å². The smallest absolute Gasteiger partial charge is 0.218 e. The van der Waals surface area contributed by atoms with Crippen LogP contribution in [0.1, 0.15) is 11.3 Å². The predicted molar refractivity (Wildman–Crippen MR) is 77.1 cm³/mol. The zero-order valence-electron chi connectivity index (χ0n) is 10.5. The van der Waals surface area contributed by atoms with Crippen LogP contribution in [0.4, 0.5) is 5.69 Å². The van der Waals surface area contributed by atoms with Gasteiger partial charge in [0.15, 0.2) is 0 Å². The fourth-order valence-corrected chi connectivity index (χ4v) is 3.35. The molecule has 1 aromatic heterocycles. The summed E-state index contributed by atoms with van der Waals surface area (Å²) in [6, 6.07) is 6.91. The van der Waals surface area contributed by atoms with Crippen LogP contribution in [-0.2, 0) is 22.3 Å². The number of nitrogens with two attached hydrogens (primary N) is 1. The van der Waals surface area contributed by atoms with Gasteiger partial charge in [0.05, 0.1) is 23.5 Å². The molecule has 1 aromatic carbocycles. The predicted octanol–water partition coefficient (Wildman–Crippen LogP) is 1.69. The van der Waals surface area contributed by atoms with Gasteiger partial charge in [0.25, 0.3) is 0 Å². The molecule has 5 nitrogen and oxygen atoms in total. The van der Waals surface area contributed by atoms with Crippen molar-refractivity contribution in [2.45, 2.75) is 12.3 Å². The van der Waals surface area contributed by atoms with Crippen molar-refractivity contribution in [3.63, 3.8) is 0 Å². The molecule has 7 heteroatoms. The van der Waals surface area contributed by atoms with Crippen LogP contribution in [0.3, 0.4) is 0 Å². The minimum atomic E-state index is -3.36. The van der Waals surface area contributed by atoms with Gasteiger partial charge in [-0.15, -0.1) is 11.3 Å². The van der Waals surface area contributed by atoms with Gasteiger partial charge >= 0.3 is 0 Å². The number of hydrogen-bond acceptors (Lipinski definition) is 5. The van der Waals surface area contributed by atoms with Crippen LogP contribution >= 0.6 is 11.3 Å². The van der Waals surface area contributed by atoms with Crippen molar-refractivity contribution in [3.05, 3.63) is 46.4 Å². The third-order valence-corrected chi connectivity index (χ3v) is 5.06. The summed E-state index contributed by atoms with van der Waals surface area (Å²) in [5.74, 6) is -0.0569. The molecule has 0 aliphatic rings. The minimum absolute atomic E-state index is 0.0569. The zero-order chi connectivity index (χ0) is 13.9. The minimum Gasteiger partial charge on any atom is -0.399 e. The van der Waals surface area contributed by atoms with Gasteiger partial charge in [0, 0.05) is 18.1 Å². The molecule has 1 heterocycles. The van der Waals surface area contributed by atoms with Crippen molar-refractivity contribution in [2.75, 3.05) is 12.8 Å². The van der Waals surface area contributed by atoms with E-state index in [4.69, 9.17) is 5.73 Å². The van der Waals surface area contributed by atoms with Crippen LogP contribution in [0.5, 0.6) is 0 Å². The SMILES string of the molecule is CN(Cc1cscn1)S(=O)(=O)Cc1cccc(N)c1. The molecule has 102 valence electrons. The Kier molecular flexibility index (Phi) is 4.18. The maximum absolute atomic E-state index is 12.2. The summed E-state index contributed by atoms with van der Waals surface area (Å²) >= 11 is 1.45. The number of nitrogens with zero attached hydrogens (tertiary/aromatic N) is 2. The van der Waals surface area contributed by atoms with Gasteiger partial charge in [0.1, 0.15) is 0 Å². The van der Waals surface area contributed by atoms with Crippen LogP contribution < -0.4 is 5.73 Å². The molecule has 2 aromatic rings. The molecule has 0 spiro atoms. The first kappa shape index (κ1) is 14.0. The van der Waals surface area contributed by atoms with E-state index in [1.54, 1.807) is 36.8 Å². The van der Waals surface area contributed by atoms with Crippen LogP contribution in [-0.4, -0.2) is 24.8 Å². The summed E-state index contributed by atoms with van der Waals surface area (Å²) in [6.45, 7) is 0.286. The normalized spacial score (nSPS) is 11.9. The number of rotatable bonds is 5. The van der Waals surface area contributed by atoms with E-state index in [0.29, 0.717) is 11.3 Å². The fraction of sp³-hybridized carbons (Fsp3) is 0.250. The van der Waals surface area contributed by atoms with Gasteiger partial charge in [-0.1, -0.05) is 12.1 Å². The number of benzene rings is 1. The summed E-state index contributed by atoms with van der Waals surface area (Å²) in [6.07, 6.45) is 0. The highest BCUT2D eigenvalue weighted by atomic mass is 32.2. The number of thiazole rings is 1. The van der Waals surface area contributed by atoms with Gasteiger partial charge in [-0.3, -0.25) is 0 Å². The van der Waals surface area contributed by atoms with Crippen LogP contribution in [0.15, 0.2) is 35.2 Å². The Morgan fingerprint density at radius 3 is 2.84 bits per heavy atom. The second-order valence-electron chi connectivity index (χ2n) is 4.24. The molecule has 2 N–H and O–H groups in total. The largest absolute Gasteiger partial charge is 0.399 e. The maximum Gasteiger partial charge on any atom is 0.218 e. The highest BCUT2D eigenvalue weighted by molar-refractivity contribution is 7.88. The molecule has 2 rings (SSSR count). The molecule has 0 fully saturated rings. The van der Waals surface area contributed by atoms with Gasteiger partial charge in [-0.25, -0.2) is 13.4 Å². The maximum atomic E-state index is 12.2. The van der Waals surface area contributed by atoms with Crippen molar-refractivity contribution in [2.24, 2.45) is 0 Å². The number of hydrogen-bond donors (Lipinski definition) is 1. The van der Waals surface area contributed by atoms with Crippen molar-refractivity contribution in [3.8, 4) is 0 Å². The first-order chi connectivity index (χ1) is 8.97. The number of sulfonamides is 1. The van der Waals surface area contributed by atoms with Gasteiger partial charge < -0.3 is 5.73 Å². The highest BCUT2D eigenvalue weighted by Crippen LogP contribution is 2.14. The number of nitrogen functional groups attached to an aromatic ring is 1. The topological polar surface area (TPSA) is 76.3 Å². The van der Waals surface area contributed by atoms with E-state index >= 15 is 0 Å². The highest BCUT2D eigenvalue weighted by Gasteiger charge is 2.19. The van der Waals surface area contributed by atoms with E-state index in [1.165, 1.54) is 15.6 Å². The van der Waals surface area contributed by atoms with Crippen molar-refractivity contribution in [1.82, 2.24) is 9.29 Å². The average molecular weight is 297 g/mol. The quantitative estimate of drug-likeness (QED) is 0.852. The van der Waals surface area contributed by atoms with Crippen LogP contribution in [0.25, 0.3) is 0 Å². The Morgan fingerprint density at radius 1 is 1.42 bits per heavy atom. The lowest BCUT2D eigenvalue weighted by atomic mass is 10.2. The lowest BCUT2D eigenvalue weighted by molar-refractivity contribution is 0.462. The van der Waals surface area contributed by atoms with E-state index in [-0.39, 0.29) is 12.3 Å². The number of aromatic nitrogens is 1. The van der Waals surface area contributed by atoms with Crippen LogP contribution in [0.2, 0.25) is 0 Å². The summed E-state index contributed by atoms with van der Waals surface area (Å²) in [4.78, 5) is 4.08. The number of anilines is 1. The molecule has 0 saturated heterocycles. The second kappa shape index (κ2) is 5.68. The van der Waals surface area contributed by atoms with E-state index in [9.17, 15) is 8.42 Å². The van der Waals surface area contributed by atoms with Crippen LogP contribution in [0, 0.1) is 0 Å². The van der Waals surface area contributed by atoms with E-state index in [2.05, 4.69) is 4.98 Å². The monoisotopic (exact) mass is 297 g/mol. The second-order valence-corrected chi connectivity index (χ2v) is 7.03. The Labute approximate surface area is 116 Å². The Hall–Kier alpha value is -1.44. The third kappa shape index (κ3) is 3.76. The molecular formula is C12H15N3O2S2. The van der Waals surface area contributed by atoms with Gasteiger partial charge in [0.2, 0.25) is 10.0 Å². The van der Waals surface area contributed by atoms with Crippen molar-refractivity contribution in [1.29, 1.82) is 0 Å². The molecule has 0 unspecified atom stereocenters. The molecule has 0 atom stereocenters. The lowest BCUT2D eigenvalue weighted by Gasteiger charge is -2.16. The lowest BCUT2D eigenvalue weighted by Crippen LogP contribution is -2.27. The molecule has 0 aliphatic heterocycles. The van der Waals surface area contributed by atoms with Gasteiger partial charge in [-0.2, -0.15) is 4.31 Å². The van der Waals surface area contributed by atoms with E-state index < -0.39 is 10.0 Å². The Bertz CT molecular complexity index is 639. The summed E-state index contributed by atoms with van der Waals surface area (Å²) in [7, 11) is -1.81. The van der Waals surface area contributed by atoms with Crippen molar-refractivity contribution >= 4 is 27.0 Å².